The van der Waals surface area contributed by atoms with E-state index in [4.69, 9.17) is 4.52 Å². The highest BCUT2D eigenvalue weighted by molar-refractivity contribution is 5.81. The van der Waals surface area contributed by atoms with Gasteiger partial charge in [-0.25, -0.2) is 0 Å². The smallest absolute Gasteiger partial charge is 0.236 e. The minimum Gasteiger partial charge on any atom is -0.339 e. The van der Waals surface area contributed by atoms with Crippen LogP contribution in [0.3, 0.4) is 0 Å². The van der Waals surface area contributed by atoms with Crippen molar-refractivity contribution in [2.45, 2.75) is 26.2 Å². The molecule has 0 bridgehead atoms. The van der Waals surface area contributed by atoms with Gasteiger partial charge in [-0.3, -0.25) is 4.79 Å². The Kier molecular flexibility index (Phi) is 3.96. The molecule has 1 aromatic rings. The molecule has 1 unspecified atom stereocenters. The van der Waals surface area contributed by atoms with E-state index in [0.29, 0.717) is 11.7 Å². The van der Waals surface area contributed by atoms with Crippen molar-refractivity contribution in [2.24, 2.45) is 0 Å². The van der Waals surface area contributed by atoms with Crippen LogP contribution in [0.2, 0.25) is 0 Å². The second-order valence-corrected chi connectivity index (χ2v) is 3.93. The fourth-order valence-corrected chi connectivity index (χ4v) is 1.04. The zero-order valence-corrected chi connectivity index (χ0v) is 9.65. The lowest BCUT2D eigenvalue weighted by molar-refractivity contribution is -0.118. The number of carbonyl (C=O) groups excluding carboxylic acids is 1. The van der Waals surface area contributed by atoms with Crippen molar-refractivity contribution in [3.63, 3.8) is 0 Å². The second-order valence-electron chi connectivity index (χ2n) is 3.93. The maximum absolute atomic E-state index is 11.1. The maximum Gasteiger partial charge on any atom is 0.236 e. The van der Waals surface area contributed by atoms with Gasteiger partial charge in [0.1, 0.15) is 5.78 Å². The van der Waals surface area contributed by atoms with Crippen molar-refractivity contribution < 1.29 is 9.32 Å². The van der Waals surface area contributed by atoms with Gasteiger partial charge in [0.15, 0.2) is 5.82 Å². The van der Waals surface area contributed by atoms with Crippen LogP contribution in [-0.4, -0.2) is 41.5 Å². The van der Waals surface area contributed by atoms with Crippen molar-refractivity contribution in [1.29, 1.82) is 0 Å². The number of hydrogen-bond donors (Lipinski definition) is 0. The predicted octanol–water partition coefficient (Wildman–Crippen LogP) is 0.866. The van der Waals surface area contributed by atoms with Crippen LogP contribution in [0.25, 0.3) is 0 Å². The average molecular weight is 211 g/mol. The Labute approximate surface area is 89.5 Å². The first kappa shape index (κ1) is 11.8. The molecule has 0 aliphatic rings. The quantitative estimate of drug-likeness (QED) is 0.723. The third kappa shape index (κ3) is 3.43. The van der Waals surface area contributed by atoms with E-state index in [0.717, 1.165) is 13.0 Å². The normalized spacial score (nSPS) is 13.1. The number of nitrogens with zero attached hydrogens (tertiary/aromatic N) is 3. The third-order valence-corrected chi connectivity index (χ3v) is 2.25. The van der Waals surface area contributed by atoms with Crippen LogP contribution in [0.15, 0.2) is 4.52 Å². The summed E-state index contributed by atoms with van der Waals surface area (Å²) in [7, 11) is 3.97. The molecule has 0 N–H and O–H groups in total. The fraction of sp³-hybridized carbons (Fsp3) is 0.700. The van der Waals surface area contributed by atoms with Gasteiger partial charge in [-0.15, -0.1) is 0 Å². The molecule has 0 saturated heterocycles. The summed E-state index contributed by atoms with van der Waals surface area (Å²) < 4.78 is 5.02. The van der Waals surface area contributed by atoms with Gasteiger partial charge in [0.05, 0.1) is 5.92 Å². The van der Waals surface area contributed by atoms with Crippen LogP contribution in [0.1, 0.15) is 31.5 Å². The molecule has 84 valence electrons. The molecule has 0 aliphatic heterocycles. The molecular formula is C10H17N3O2. The number of rotatable bonds is 5. The lowest BCUT2D eigenvalue weighted by atomic mass is 10.1. The molecule has 5 heteroatoms. The minimum atomic E-state index is -0.300. The van der Waals surface area contributed by atoms with Gasteiger partial charge < -0.3 is 9.42 Å². The Balaban J connectivity index is 2.60. The zero-order chi connectivity index (χ0) is 11.4. The Hall–Kier alpha value is -1.23. The van der Waals surface area contributed by atoms with Crippen LogP contribution in [0, 0.1) is 0 Å². The van der Waals surface area contributed by atoms with Crippen molar-refractivity contribution in [2.75, 3.05) is 20.6 Å². The minimum absolute atomic E-state index is 0.0396. The molecule has 15 heavy (non-hydrogen) atoms. The highest BCUT2D eigenvalue weighted by atomic mass is 16.5. The molecule has 1 heterocycles. The van der Waals surface area contributed by atoms with E-state index in [9.17, 15) is 4.79 Å². The van der Waals surface area contributed by atoms with E-state index in [1.807, 2.05) is 19.0 Å². The molecule has 1 rings (SSSR count). The molecule has 0 spiro atoms. The predicted molar refractivity (Wildman–Crippen MR) is 55.7 cm³/mol. The average Bonchev–Trinajstić information content (AvgIpc) is 2.61. The largest absolute Gasteiger partial charge is 0.339 e. The van der Waals surface area contributed by atoms with E-state index in [1.54, 1.807) is 6.92 Å². The molecule has 1 aromatic heterocycles. The van der Waals surface area contributed by atoms with E-state index in [1.165, 1.54) is 6.92 Å². The molecule has 0 aliphatic carbocycles. The third-order valence-electron chi connectivity index (χ3n) is 2.25. The Morgan fingerprint density at radius 3 is 2.73 bits per heavy atom. The summed E-state index contributed by atoms with van der Waals surface area (Å²) in [4.78, 5) is 17.3. The summed E-state index contributed by atoms with van der Waals surface area (Å²) in [6.07, 6.45) is 0.737. The molecule has 0 radical (unpaired) electrons. The highest BCUT2D eigenvalue weighted by Crippen LogP contribution is 2.13. The monoisotopic (exact) mass is 211 g/mol. The van der Waals surface area contributed by atoms with Gasteiger partial charge >= 0.3 is 0 Å². The Bertz CT molecular complexity index is 333. The molecule has 0 aromatic carbocycles. The first-order valence-electron chi connectivity index (χ1n) is 4.98. The van der Waals surface area contributed by atoms with Gasteiger partial charge in [-0.1, -0.05) is 5.16 Å². The maximum atomic E-state index is 11.1. The van der Waals surface area contributed by atoms with Gasteiger partial charge in [-0.2, -0.15) is 4.98 Å². The van der Waals surface area contributed by atoms with Crippen LogP contribution in [0.4, 0.5) is 0 Å². The van der Waals surface area contributed by atoms with Crippen molar-refractivity contribution in [3.05, 3.63) is 11.7 Å². The van der Waals surface area contributed by atoms with Gasteiger partial charge in [0.25, 0.3) is 0 Å². The first-order valence-corrected chi connectivity index (χ1v) is 4.98. The number of hydrogen-bond acceptors (Lipinski definition) is 5. The van der Waals surface area contributed by atoms with Crippen LogP contribution < -0.4 is 0 Å². The van der Waals surface area contributed by atoms with E-state index < -0.39 is 0 Å². The summed E-state index contributed by atoms with van der Waals surface area (Å²) in [6.45, 7) is 4.16. The van der Waals surface area contributed by atoms with Crippen molar-refractivity contribution in [3.8, 4) is 0 Å². The number of aromatic nitrogens is 2. The molecule has 0 amide bonds. The van der Waals surface area contributed by atoms with E-state index in [2.05, 4.69) is 10.1 Å². The zero-order valence-electron chi connectivity index (χ0n) is 9.65. The molecule has 0 saturated carbocycles. The molecule has 5 nitrogen and oxygen atoms in total. The van der Waals surface area contributed by atoms with Crippen molar-refractivity contribution >= 4 is 5.78 Å². The second kappa shape index (κ2) is 5.02. The van der Waals surface area contributed by atoms with Crippen LogP contribution in [0.5, 0.6) is 0 Å². The summed E-state index contributed by atoms with van der Waals surface area (Å²) >= 11 is 0. The lowest BCUT2D eigenvalue weighted by Crippen LogP contribution is -2.15. The van der Waals surface area contributed by atoms with Gasteiger partial charge in [0.2, 0.25) is 5.89 Å². The summed E-state index contributed by atoms with van der Waals surface area (Å²) in [5.74, 6) is 0.812. The Morgan fingerprint density at radius 2 is 2.20 bits per heavy atom. The Morgan fingerprint density at radius 1 is 1.53 bits per heavy atom. The molecular weight excluding hydrogens is 194 g/mol. The van der Waals surface area contributed by atoms with E-state index >= 15 is 0 Å². The molecule has 1 atom stereocenters. The summed E-state index contributed by atoms with van der Waals surface area (Å²) in [6, 6.07) is 0. The summed E-state index contributed by atoms with van der Waals surface area (Å²) in [5, 5.41) is 3.83. The number of Topliss-reactive ketones (excluding diaryl/α,β-unsaturated/α-hetero) is 1. The first-order chi connectivity index (χ1) is 7.00. The van der Waals surface area contributed by atoms with Crippen molar-refractivity contribution in [1.82, 2.24) is 15.0 Å². The van der Waals surface area contributed by atoms with Gasteiger partial charge in [-0.05, 0) is 27.9 Å². The number of carbonyl (C=O) groups is 1. The van der Waals surface area contributed by atoms with Crippen LogP contribution >= 0.6 is 0 Å². The van der Waals surface area contributed by atoms with Crippen LogP contribution in [-0.2, 0) is 11.2 Å². The topological polar surface area (TPSA) is 59.2 Å². The SMILES string of the molecule is CC(=O)C(C)c1nc(CCN(C)C)no1. The fourth-order valence-electron chi connectivity index (χ4n) is 1.04. The number of likely N-dealkylation sites (N-methyl/N-ethyl adjacent to an activating group) is 1. The highest BCUT2D eigenvalue weighted by Gasteiger charge is 2.17. The lowest BCUT2D eigenvalue weighted by Gasteiger charge is -2.05. The van der Waals surface area contributed by atoms with Gasteiger partial charge in [0, 0.05) is 13.0 Å². The molecule has 0 fully saturated rings. The summed E-state index contributed by atoms with van der Waals surface area (Å²) in [5.41, 5.74) is 0. The number of ketones is 1. The standard InChI is InChI=1S/C10H17N3O2/c1-7(8(2)14)10-11-9(12-15-10)5-6-13(3)4/h7H,5-6H2,1-4H3. The van der Waals surface area contributed by atoms with E-state index in [-0.39, 0.29) is 11.7 Å².